The number of hydrogen-bond acceptors (Lipinski definition) is 6. The molecule has 0 radical (unpaired) electrons. The lowest BCUT2D eigenvalue weighted by Crippen LogP contribution is -2.40. The third kappa shape index (κ3) is 3.90. The average molecular weight is 338 g/mol. The fraction of sp³-hybridized carbons (Fsp3) is 0.500. The van der Waals surface area contributed by atoms with Crippen LogP contribution in [0.3, 0.4) is 0 Å². The molecule has 0 bridgehead atoms. The van der Waals surface area contributed by atoms with Crippen LogP contribution in [0.25, 0.3) is 0 Å². The molecule has 6 nitrogen and oxygen atoms in total. The summed E-state index contributed by atoms with van der Waals surface area (Å²) in [6.07, 6.45) is -0.00809. The summed E-state index contributed by atoms with van der Waals surface area (Å²) in [5.74, 6) is 1.16. The second kappa shape index (κ2) is 7.40. The first-order valence-corrected chi connectivity index (χ1v) is 7.97. The third-order valence-electron chi connectivity index (χ3n) is 3.98. The third-order valence-corrected chi connectivity index (χ3v) is 4.22. The van der Waals surface area contributed by atoms with E-state index in [1.807, 2.05) is 24.3 Å². The summed E-state index contributed by atoms with van der Waals surface area (Å²) in [4.78, 5) is 6.66. The van der Waals surface area contributed by atoms with Crippen LogP contribution in [0.15, 0.2) is 28.8 Å². The molecule has 0 N–H and O–H groups in total. The fourth-order valence-corrected chi connectivity index (χ4v) is 2.91. The van der Waals surface area contributed by atoms with Gasteiger partial charge in [0.25, 0.3) is 0 Å². The first-order valence-electron chi connectivity index (χ1n) is 7.60. The number of rotatable bonds is 5. The molecule has 0 aliphatic carbocycles. The van der Waals surface area contributed by atoms with Gasteiger partial charge in [-0.2, -0.15) is 4.98 Å². The zero-order valence-corrected chi connectivity index (χ0v) is 14.0. The molecule has 0 amide bonds. The van der Waals surface area contributed by atoms with E-state index >= 15 is 0 Å². The summed E-state index contributed by atoms with van der Waals surface area (Å²) in [6, 6.07) is 7.82. The fourth-order valence-electron chi connectivity index (χ4n) is 2.71. The lowest BCUT2D eigenvalue weighted by molar-refractivity contribution is -0.0469. The molecule has 0 spiro atoms. The Morgan fingerprint density at radius 3 is 3.13 bits per heavy atom. The van der Waals surface area contributed by atoms with Crippen LogP contribution in [0.4, 0.5) is 0 Å². The zero-order valence-electron chi connectivity index (χ0n) is 13.2. The molecule has 2 atom stereocenters. The Kier molecular flexibility index (Phi) is 5.27. The Morgan fingerprint density at radius 1 is 1.48 bits per heavy atom. The standard InChI is InChI=1S/C16H20ClN3O3/c1-11(16-18-15(10-21-2)19-23-16)20-6-7-22-14(9-20)12-4-3-5-13(17)8-12/h3-5,8,11,14H,6-7,9-10H2,1-2H3/t11-,14-/m1/s1. The number of aromatic nitrogens is 2. The van der Waals surface area contributed by atoms with Gasteiger partial charge in [-0.05, 0) is 24.6 Å². The van der Waals surface area contributed by atoms with E-state index < -0.39 is 0 Å². The number of methoxy groups -OCH3 is 1. The van der Waals surface area contributed by atoms with Crippen molar-refractivity contribution in [2.45, 2.75) is 25.7 Å². The molecule has 1 saturated heterocycles. The Labute approximate surface area is 140 Å². The van der Waals surface area contributed by atoms with Crippen LogP contribution >= 0.6 is 11.6 Å². The van der Waals surface area contributed by atoms with Crippen LogP contribution in [-0.4, -0.2) is 41.8 Å². The maximum atomic E-state index is 6.08. The van der Waals surface area contributed by atoms with Crippen molar-refractivity contribution in [1.82, 2.24) is 15.0 Å². The molecule has 1 aromatic heterocycles. The molecule has 1 aliphatic rings. The van der Waals surface area contributed by atoms with Crippen LogP contribution in [0, 0.1) is 0 Å². The zero-order chi connectivity index (χ0) is 16.2. The highest BCUT2D eigenvalue weighted by atomic mass is 35.5. The monoisotopic (exact) mass is 337 g/mol. The summed E-state index contributed by atoms with van der Waals surface area (Å²) >= 11 is 6.08. The number of halogens is 1. The molecule has 124 valence electrons. The summed E-state index contributed by atoms with van der Waals surface area (Å²) in [7, 11) is 1.61. The number of morpholine rings is 1. The van der Waals surface area contributed by atoms with Crippen molar-refractivity contribution >= 4 is 11.6 Å². The molecule has 3 rings (SSSR count). The highest BCUT2D eigenvalue weighted by Gasteiger charge is 2.28. The van der Waals surface area contributed by atoms with Gasteiger partial charge < -0.3 is 14.0 Å². The summed E-state index contributed by atoms with van der Waals surface area (Å²) in [5.41, 5.74) is 1.08. The number of nitrogens with zero attached hydrogens (tertiary/aromatic N) is 3. The van der Waals surface area contributed by atoms with Crippen molar-refractivity contribution in [2.24, 2.45) is 0 Å². The number of hydrogen-bond donors (Lipinski definition) is 0. The maximum Gasteiger partial charge on any atom is 0.243 e. The van der Waals surface area contributed by atoms with Crippen LogP contribution in [-0.2, 0) is 16.1 Å². The summed E-state index contributed by atoms with van der Waals surface area (Å²) in [5, 5.41) is 4.64. The van der Waals surface area contributed by atoms with Gasteiger partial charge in [0.05, 0.1) is 18.8 Å². The molecule has 2 aromatic rings. The van der Waals surface area contributed by atoms with Gasteiger partial charge in [0.15, 0.2) is 5.82 Å². The van der Waals surface area contributed by atoms with Gasteiger partial charge in [0.1, 0.15) is 6.61 Å². The molecule has 1 aliphatic heterocycles. The second-order valence-electron chi connectivity index (χ2n) is 5.57. The number of ether oxygens (including phenoxy) is 2. The Bertz CT molecular complexity index is 649. The second-order valence-corrected chi connectivity index (χ2v) is 6.00. The quantitative estimate of drug-likeness (QED) is 0.835. The average Bonchev–Trinajstić information content (AvgIpc) is 3.03. The molecule has 0 unspecified atom stereocenters. The van der Waals surface area contributed by atoms with Crippen molar-refractivity contribution in [3.05, 3.63) is 46.6 Å². The van der Waals surface area contributed by atoms with Gasteiger partial charge in [-0.15, -0.1) is 0 Å². The van der Waals surface area contributed by atoms with E-state index in [-0.39, 0.29) is 12.1 Å². The van der Waals surface area contributed by atoms with E-state index in [4.69, 9.17) is 25.6 Å². The van der Waals surface area contributed by atoms with Crippen molar-refractivity contribution in [1.29, 1.82) is 0 Å². The molecule has 1 fully saturated rings. The van der Waals surface area contributed by atoms with E-state index in [1.165, 1.54) is 0 Å². The van der Waals surface area contributed by atoms with Gasteiger partial charge in [-0.1, -0.05) is 28.9 Å². The Balaban J connectivity index is 1.69. The van der Waals surface area contributed by atoms with Crippen molar-refractivity contribution in [2.75, 3.05) is 26.8 Å². The molecular weight excluding hydrogens is 318 g/mol. The van der Waals surface area contributed by atoms with Crippen LogP contribution in [0.5, 0.6) is 0 Å². The maximum absolute atomic E-state index is 6.08. The van der Waals surface area contributed by atoms with E-state index in [0.29, 0.717) is 24.9 Å². The highest BCUT2D eigenvalue weighted by molar-refractivity contribution is 6.30. The Hall–Kier alpha value is -1.47. The summed E-state index contributed by atoms with van der Waals surface area (Å²) < 4.78 is 16.3. The molecule has 2 heterocycles. The minimum absolute atomic E-state index is 0.00809. The van der Waals surface area contributed by atoms with Crippen LogP contribution in [0.1, 0.15) is 36.3 Å². The molecule has 0 saturated carbocycles. The van der Waals surface area contributed by atoms with Gasteiger partial charge in [-0.25, -0.2) is 0 Å². The lowest BCUT2D eigenvalue weighted by Gasteiger charge is -2.35. The van der Waals surface area contributed by atoms with Gasteiger partial charge in [0, 0.05) is 25.2 Å². The van der Waals surface area contributed by atoms with Crippen molar-refractivity contribution in [3.8, 4) is 0 Å². The normalized spacial score (nSPS) is 20.6. The van der Waals surface area contributed by atoms with E-state index in [2.05, 4.69) is 22.0 Å². The Morgan fingerprint density at radius 2 is 2.35 bits per heavy atom. The van der Waals surface area contributed by atoms with E-state index in [9.17, 15) is 0 Å². The largest absolute Gasteiger partial charge is 0.377 e. The minimum atomic E-state index is -0.00809. The van der Waals surface area contributed by atoms with E-state index in [1.54, 1.807) is 7.11 Å². The molecule has 1 aromatic carbocycles. The first kappa shape index (κ1) is 16.4. The van der Waals surface area contributed by atoms with Crippen molar-refractivity contribution < 1.29 is 14.0 Å². The number of benzene rings is 1. The summed E-state index contributed by atoms with van der Waals surface area (Å²) in [6.45, 7) is 4.64. The molecular formula is C16H20ClN3O3. The highest BCUT2D eigenvalue weighted by Crippen LogP contribution is 2.29. The lowest BCUT2D eigenvalue weighted by atomic mass is 10.1. The van der Waals surface area contributed by atoms with Crippen LogP contribution in [0.2, 0.25) is 5.02 Å². The van der Waals surface area contributed by atoms with Crippen LogP contribution < -0.4 is 0 Å². The first-order chi connectivity index (χ1) is 11.2. The van der Waals surface area contributed by atoms with Gasteiger partial charge in [0.2, 0.25) is 5.89 Å². The van der Waals surface area contributed by atoms with Gasteiger partial charge in [-0.3, -0.25) is 4.90 Å². The predicted octanol–water partition coefficient (Wildman–Crippen LogP) is 3.00. The molecule has 7 heteroatoms. The van der Waals surface area contributed by atoms with Gasteiger partial charge >= 0.3 is 0 Å². The van der Waals surface area contributed by atoms with Crippen molar-refractivity contribution in [3.63, 3.8) is 0 Å². The predicted molar refractivity (Wildman–Crippen MR) is 85.1 cm³/mol. The van der Waals surface area contributed by atoms with E-state index in [0.717, 1.165) is 23.7 Å². The smallest absolute Gasteiger partial charge is 0.243 e. The molecule has 23 heavy (non-hydrogen) atoms. The topological polar surface area (TPSA) is 60.6 Å². The minimum Gasteiger partial charge on any atom is -0.377 e. The SMILES string of the molecule is COCc1noc([C@@H](C)N2CCO[C@@H](c3cccc(Cl)c3)C2)n1.